The van der Waals surface area contributed by atoms with Gasteiger partial charge in [-0.2, -0.15) is 4.99 Å². The number of nitrogens with two attached hydrogens (primary N) is 1. The molecule has 2 N–H and O–H groups in total. The van der Waals surface area contributed by atoms with Crippen molar-refractivity contribution in [1.29, 1.82) is 0 Å². The number of amidine groups is 1. The molecular formula is C13H10F3N3O2S. The first-order valence-electron chi connectivity index (χ1n) is 5.91. The Hall–Kier alpha value is -2.42. The van der Waals surface area contributed by atoms with Crippen LogP contribution >= 0.6 is 11.3 Å². The molecule has 0 saturated heterocycles. The number of aryl methyl sites for hydroxylation is 1. The van der Waals surface area contributed by atoms with Gasteiger partial charge in [-0.25, -0.2) is 4.98 Å². The van der Waals surface area contributed by atoms with Gasteiger partial charge < -0.3 is 10.5 Å². The lowest BCUT2D eigenvalue weighted by molar-refractivity contribution is -0.274. The number of alkyl halides is 3. The molecule has 0 unspecified atom stereocenters. The summed E-state index contributed by atoms with van der Waals surface area (Å²) in [5.41, 5.74) is 6.13. The molecule has 2 rings (SSSR count). The number of amides is 1. The van der Waals surface area contributed by atoms with Crippen LogP contribution in [0.4, 0.5) is 13.2 Å². The van der Waals surface area contributed by atoms with Crippen LogP contribution in [-0.4, -0.2) is 23.1 Å². The molecule has 0 spiro atoms. The van der Waals surface area contributed by atoms with Crippen LogP contribution in [0.5, 0.6) is 5.75 Å². The Kier molecular flexibility index (Phi) is 4.45. The molecule has 2 aromatic rings. The van der Waals surface area contributed by atoms with Crippen LogP contribution in [0.1, 0.15) is 21.1 Å². The molecule has 0 radical (unpaired) electrons. The molecule has 5 nitrogen and oxygen atoms in total. The zero-order chi connectivity index (χ0) is 16.3. The van der Waals surface area contributed by atoms with E-state index in [-0.39, 0.29) is 11.4 Å². The predicted molar refractivity (Wildman–Crippen MR) is 75.0 cm³/mol. The fourth-order valence-electron chi connectivity index (χ4n) is 1.51. The second-order valence-corrected chi connectivity index (χ2v) is 5.19. The maximum atomic E-state index is 12.0. The number of hydrogen-bond acceptors (Lipinski definition) is 4. The minimum absolute atomic E-state index is 0.0510. The number of benzene rings is 1. The van der Waals surface area contributed by atoms with E-state index in [9.17, 15) is 18.0 Å². The van der Waals surface area contributed by atoms with E-state index in [1.54, 1.807) is 12.3 Å². The van der Waals surface area contributed by atoms with E-state index in [1.165, 1.54) is 23.5 Å². The normalized spacial score (nSPS) is 12.3. The first-order chi connectivity index (χ1) is 10.2. The number of carbonyl (C=O) groups is 1. The summed E-state index contributed by atoms with van der Waals surface area (Å²) in [5, 5.41) is 2.43. The quantitative estimate of drug-likeness (QED) is 0.694. The summed E-state index contributed by atoms with van der Waals surface area (Å²) in [6, 6.07) is 4.40. The first kappa shape index (κ1) is 16.0. The Morgan fingerprint density at radius 1 is 1.32 bits per heavy atom. The van der Waals surface area contributed by atoms with E-state index in [1.807, 2.05) is 0 Å². The van der Waals surface area contributed by atoms with Crippen molar-refractivity contribution in [1.82, 2.24) is 4.98 Å². The maximum absolute atomic E-state index is 12.0. The van der Waals surface area contributed by atoms with E-state index < -0.39 is 18.0 Å². The number of thiazole rings is 1. The average molecular weight is 329 g/mol. The van der Waals surface area contributed by atoms with E-state index in [0.29, 0.717) is 5.69 Å². The van der Waals surface area contributed by atoms with Gasteiger partial charge in [0, 0.05) is 10.9 Å². The summed E-state index contributed by atoms with van der Waals surface area (Å²) in [6.07, 6.45) is -4.78. The van der Waals surface area contributed by atoms with Gasteiger partial charge in [0.25, 0.3) is 5.91 Å². The van der Waals surface area contributed by atoms with Crippen LogP contribution in [0.25, 0.3) is 0 Å². The summed E-state index contributed by atoms with van der Waals surface area (Å²) >= 11 is 1.36. The van der Waals surface area contributed by atoms with Gasteiger partial charge in [-0.1, -0.05) is 0 Å². The highest BCUT2D eigenvalue weighted by Crippen LogP contribution is 2.22. The van der Waals surface area contributed by atoms with Crippen molar-refractivity contribution >= 4 is 23.1 Å². The Labute approximate surface area is 127 Å². The van der Waals surface area contributed by atoms with Crippen LogP contribution in [0.2, 0.25) is 0 Å². The van der Waals surface area contributed by atoms with Crippen molar-refractivity contribution in [3.05, 3.63) is 45.9 Å². The molecule has 0 saturated carbocycles. The number of rotatable bonds is 3. The summed E-state index contributed by atoms with van der Waals surface area (Å²) in [4.78, 5) is 19.6. The summed E-state index contributed by atoms with van der Waals surface area (Å²) in [7, 11) is 0. The third kappa shape index (κ3) is 4.29. The van der Waals surface area contributed by atoms with Crippen molar-refractivity contribution < 1.29 is 22.7 Å². The monoisotopic (exact) mass is 329 g/mol. The van der Waals surface area contributed by atoms with Crippen LogP contribution < -0.4 is 10.5 Å². The fourth-order valence-corrected chi connectivity index (χ4v) is 2.12. The highest BCUT2D eigenvalue weighted by molar-refractivity contribution is 7.09. The van der Waals surface area contributed by atoms with Gasteiger partial charge in [-0.15, -0.1) is 24.5 Å². The van der Waals surface area contributed by atoms with Gasteiger partial charge in [-0.3, -0.25) is 4.79 Å². The van der Waals surface area contributed by atoms with Crippen LogP contribution in [0, 0.1) is 6.92 Å². The highest BCUT2D eigenvalue weighted by Gasteiger charge is 2.31. The van der Waals surface area contributed by atoms with Crippen molar-refractivity contribution in [2.45, 2.75) is 13.3 Å². The first-order valence-corrected chi connectivity index (χ1v) is 6.79. The third-order valence-corrected chi connectivity index (χ3v) is 3.21. The molecule has 0 aliphatic heterocycles. The Morgan fingerprint density at radius 2 is 1.95 bits per heavy atom. The van der Waals surface area contributed by atoms with Gasteiger partial charge in [0.05, 0.1) is 5.01 Å². The summed E-state index contributed by atoms with van der Waals surface area (Å²) in [6.45, 7) is 1.78. The van der Waals surface area contributed by atoms with Crippen molar-refractivity contribution in [3.63, 3.8) is 0 Å². The molecule has 9 heteroatoms. The van der Waals surface area contributed by atoms with Gasteiger partial charge >= 0.3 is 6.36 Å². The Bertz CT molecular complexity index is 708. The lowest BCUT2D eigenvalue weighted by Gasteiger charge is -2.08. The van der Waals surface area contributed by atoms with E-state index in [4.69, 9.17) is 5.73 Å². The maximum Gasteiger partial charge on any atom is 0.573 e. The van der Waals surface area contributed by atoms with Gasteiger partial charge in [0.1, 0.15) is 11.4 Å². The lowest BCUT2D eigenvalue weighted by atomic mass is 10.2. The zero-order valence-electron chi connectivity index (χ0n) is 11.2. The number of carbonyl (C=O) groups excluding carboxylic acids is 1. The minimum atomic E-state index is -4.78. The van der Waals surface area contributed by atoms with E-state index in [2.05, 4.69) is 14.7 Å². The van der Waals surface area contributed by atoms with Gasteiger partial charge in [-0.05, 0) is 31.2 Å². The third-order valence-electron chi connectivity index (χ3n) is 2.44. The van der Waals surface area contributed by atoms with Crippen LogP contribution in [0.3, 0.4) is 0 Å². The van der Waals surface area contributed by atoms with Crippen LogP contribution in [-0.2, 0) is 0 Å². The Balaban J connectivity index is 2.13. The Morgan fingerprint density at radius 3 is 2.45 bits per heavy atom. The largest absolute Gasteiger partial charge is 0.573 e. The number of ether oxygens (including phenoxy) is 1. The van der Waals surface area contributed by atoms with E-state index >= 15 is 0 Å². The highest BCUT2D eigenvalue weighted by atomic mass is 32.1. The molecule has 1 heterocycles. The molecule has 1 amide bonds. The number of nitrogens with zero attached hydrogens (tertiary/aromatic N) is 2. The zero-order valence-corrected chi connectivity index (χ0v) is 12.0. The molecule has 22 heavy (non-hydrogen) atoms. The number of hydrogen-bond donors (Lipinski definition) is 1. The predicted octanol–water partition coefficient (Wildman–Crippen LogP) is 2.90. The number of aliphatic imine (C=N–C) groups is 1. The van der Waals surface area contributed by atoms with Crippen molar-refractivity contribution in [2.75, 3.05) is 0 Å². The van der Waals surface area contributed by atoms with Crippen molar-refractivity contribution in [2.24, 2.45) is 10.7 Å². The molecular weight excluding hydrogens is 319 g/mol. The van der Waals surface area contributed by atoms with Gasteiger partial charge in [0.2, 0.25) is 0 Å². The topological polar surface area (TPSA) is 77.6 Å². The number of aromatic nitrogens is 1. The van der Waals surface area contributed by atoms with Gasteiger partial charge in [0.15, 0.2) is 5.84 Å². The molecule has 0 bridgehead atoms. The number of halogens is 3. The molecule has 0 aliphatic rings. The molecule has 0 atom stereocenters. The molecule has 0 aliphatic carbocycles. The SMILES string of the molecule is Cc1nc(C(N)=NC(=O)c2ccc(OC(F)(F)F)cc2)cs1. The summed E-state index contributed by atoms with van der Waals surface area (Å²) in [5.74, 6) is -1.15. The molecule has 0 fully saturated rings. The fraction of sp³-hybridized carbons (Fsp3) is 0.154. The smallest absolute Gasteiger partial charge is 0.406 e. The second kappa shape index (κ2) is 6.14. The average Bonchev–Trinajstić information content (AvgIpc) is 2.84. The van der Waals surface area contributed by atoms with E-state index in [0.717, 1.165) is 17.1 Å². The second-order valence-electron chi connectivity index (χ2n) is 4.13. The van der Waals surface area contributed by atoms with Crippen molar-refractivity contribution in [3.8, 4) is 5.75 Å². The van der Waals surface area contributed by atoms with Crippen LogP contribution in [0.15, 0.2) is 34.6 Å². The molecule has 1 aromatic carbocycles. The molecule has 116 valence electrons. The lowest BCUT2D eigenvalue weighted by Crippen LogP contribution is -2.17. The summed E-state index contributed by atoms with van der Waals surface area (Å²) < 4.78 is 39.8. The standard InChI is InChI=1S/C13H10F3N3O2S/c1-7-18-10(6-22-7)11(17)19-12(20)8-2-4-9(5-3-8)21-13(14,15)16/h2-6H,1H3,(H2,17,19,20). The minimum Gasteiger partial charge on any atom is -0.406 e. The molecule has 1 aromatic heterocycles.